The van der Waals surface area contributed by atoms with E-state index in [9.17, 15) is 0 Å². The number of para-hydroxylation sites is 2. The topological polar surface area (TPSA) is 58.9 Å². The van der Waals surface area contributed by atoms with Crippen LogP contribution in [0, 0.1) is 5.92 Å². The van der Waals surface area contributed by atoms with Crippen LogP contribution in [-0.4, -0.2) is 37.1 Å². The van der Waals surface area contributed by atoms with Crippen LogP contribution in [0.5, 0.6) is 11.5 Å². The molecular weight excluding hydrogens is 208 g/mol. The molecule has 0 aliphatic heterocycles. The van der Waals surface area contributed by atoms with Crippen molar-refractivity contribution in [2.45, 2.75) is 6.42 Å². The lowest BCUT2D eigenvalue weighted by Gasteiger charge is -2.13. The molecule has 0 heterocycles. The summed E-state index contributed by atoms with van der Waals surface area (Å²) in [6.45, 7) is 0.406. The van der Waals surface area contributed by atoms with Crippen LogP contribution in [0.4, 0.5) is 0 Å². The fraction of sp³-hybridized carbons (Fsp3) is 0.500. The van der Waals surface area contributed by atoms with Gasteiger partial charge in [0.05, 0.1) is 13.7 Å². The molecule has 2 N–H and O–H groups in total. The third-order valence-corrected chi connectivity index (χ3v) is 2.37. The second-order valence-corrected chi connectivity index (χ2v) is 3.52. The highest BCUT2D eigenvalue weighted by Crippen LogP contribution is 2.25. The summed E-state index contributed by atoms with van der Waals surface area (Å²) >= 11 is 0. The average Bonchev–Trinajstić information content (AvgIpc) is 2.35. The standard InChI is InChI=1S/C12H18O4/c1-15-11-4-2-3-5-12(11)16-7-6-10(8-13)9-14/h2-5,10,13-14H,6-9H2,1H3. The Morgan fingerprint density at radius 3 is 2.31 bits per heavy atom. The molecule has 0 bridgehead atoms. The molecule has 0 atom stereocenters. The molecule has 4 heteroatoms. The smallest absolute Gasteiger partial charge is 0.161 e. The highest BCUT2D eigenvalue weighted by atomic mass is 16.5. The van der Waals surface area contributed by atoms with Crippen molar-refractivity contribution in [1.29, 1.82) is 0 Å². The Labute approximate surface area is 95.4 Å². The van der Waals surface area contributed by atoms with E-state index in [1.165, 1.54) is 0 Å². The zero-order valence-electron chi connectivity index (χ0n) is 9.43. The maximum absolute atomic E-state index is 8.88. The molecule has 0 saturated heterocycles. The van der Waals surface area contributed by atoms with Crippen LogP contribution in [-0.2, 0) is 0 Å². The molecule has 0 spiro atoms. The Morgan fingerprint density at radius 1 is 1.12 bits per heavy atom. The molecule has 0 aromatic heterocycles. The normalized spacial score (nSPS) is 10.5. The maximum Gasteiger partial charge on any atom is 0.161 e. The first kappa shape index (κ1) is 12.8. The Hall–Kier alpha value is -1.26. The van der Waals surface area contributed by atoms with Gasteiger partial charge in [-0.15, -0.1) is 0 Å². The van der Waals surface area contributed by atoms with Gasteiger partial charge in [0.2, 0.25) is 0 Å². The molecule has 0 aliphatic rings. The summed E-state index contributed by atoms with van der Waals surface area (Å²) in [6, 6.07) is 7.39. The van der Waals surface area contributed by atoms with E-state index in [1.54, 1.807) is 7.11 Å². The van der Waals surface area contributed by atoms with Crippen molar-refractivity contribution < 1.29 is 19.7 Å². The van der Waals surface area contributed by atoms with Gasteiger partial charge in [-0.05, 0) is 18.6 Å². The SMILES string of the molecule is COc1ccccc1OCCC(CO)CO. The molecule has 0 unspecified atom stereocenters. The van der Waals surface area contributed by atoms with Crippen LogP contribution in [0.1, 0.15) is 6.42 Å². The van der Waals surface area contributed by atoms with Crippen molar-refractivity contribution in [2.75, 3.05) is 26.9 Å². The summed E-state index contributed by atoms with van der Waals surface area (Å²) in [5.41, 5.74) is 0. The zero-order chi connectivity index (χ0) is 11.8. The molecule has 16 heavy (non-hydrogen) atoms. The Kier molecular flexibility index (Phi) is 5.67. The summed E-state index contributed by atoms with van der Waals surface area (Å²) in [6.07, 6.45) is 0.616. The van der Waals surface area contributed by atoms with Crippen molar-refractivity contribution in [2.24, 2.45) is 5.92 Å². The lowest BCUT2D eigenvalue weighted by Crippen LogP contribution is -2.14. The van der Waals surface area contributed by atoms with Gasteiger partial charge in [-0.3, -0.25) is 0 Å². The molecule has 0 fully saturated rings. The van der Waals surface area contributed by atoms with Crippen LogP contribution in [0.15, 0.2) is 24.3 Å². The van der Waals surface area contributed by atoms with Gasteiger partial charge in [-0.2, -0.15) is 0 Å². The molecule has 0 saturated carbocycles. The van der Waals surface area contributed by atoms with Gasteiger partial charge in [0.25, 0.3) is 0 Å². The minimum atomic E-state index is -0.116. The number of aliphatic hydroxyl groups excluding tert-OH is 2. The molecular formula is C12H18O4. The maximum atomic E-state index is 8.88. The number of hydrogen-bond donors (Lipinski definition) is 2. The third kappa shape index (κ3) is 3.72. The number of rotatable bonds is 7. The first-order valence-electron chi connectivity index (χ1n) is 5.29. The average molecular weight is 226 g/mol. The Bertz CT molecular complexity index is 297. The third-order valence-electron chi connectivity index (χ3n) is 2.37. The zero-order valence-corrected chi connectivity index (χ0v) is 9.43. The Balaban J connectivity index is 2.42. The number of aliphatic hydroxyl groups is 2. The van der Waals surface area contributed by atoms with Gasteiger partial charge in [-0.25, -0.2) is 0 Å². The molecule has 90 valence electrons. The molecule has 0 amide bonds. The van der Waals surface area contributed by atoms with Crippen molar-refractivity contribution in [1.82, 2.24) is 0 Å². The van der Waals surface area contributed by atoms with E-state index in [0.29, 0.717) is 24.5 Å². The molecule has 1 aromatic carbocycles. The highest BCUT2D eigenvalue weighted by molar-refractivity contribution is 5.39. The van der Waals surface area contributed by atoms with Crippen molar-refractivity contribution in [3.63, 3.8) is 0 Å². The van der Waals surface area contributed by atoms with Crippen LogP contribution >= 0.6 is 0 Å². The van der Waals surface area contributed by atoms with E-state index < -0.39 is 0 Å². The quantitative estimate of drug-likeness (QED) is 0.730. The van der Waals surface area contributed by atoms with Crippen LogP contribution in [0.2, 0.25) is 0 Å². The van der Waals surface area contributed by atoms with Gasteiger partial charge in [0.1, 0.15) is 0 Å². The fourth-order valence-electron chi connectivity index (χ4n) is 1.31. The minimum Gasteiger partial charge on any atom is -0.493 e. The van der Waals surface area contributed by atoms with Crippen LogP contribution < -0.4 is 9.47 Å². The first-order valence-corrected chi connectivity index (χ1v) is 5.29. The minimum absolute atomic E-state index is 0.0220. The van der Waals surface area contributed by atoms with Crippen LogP contribution in [0.25, 0.3) is 0 Å². The van der Waals surface area contributed by atoms with E-state index in [1.807, 2.05) is 24.3 Å². The second-order valence-electron chi connectivity index (χ2n) is 3.52. The summed E-state index contributed by atoms with van der Waals surface area (Å²) in [5, 5.41) is 17.8. The van der Waals surface area contributed by atoms with E-state index in [2.05, 4.69) is 0 Å². The largest absolute Gasteiger partial charge is 0.493 e. The highest BCUT2D eigenvalue weighted by Gasteiger charge is 2.07. The van der Waals surface area contributed by atoms with Gasteiger partial charge < -0.3 is 19.7 Å². The lowest BCUT2D eigenvalue weighted by atomic mass is 10.1. The van der Waals surface area contributed by atoms with Crippen molar-refractivity contribution in [3.8, 4) is 11.5 Å². The molecule has 4 nitrogen and oxygen atoms in total. The number of benzene rings is 1. The predicted octanol–water partition coefficient (Wildman–Crippen LogP) is 1.06. The molecule has 0 radical (unpaired) electrons. The van der Waals surface area contributed by atoms with E-state index in [-0.39, 0.29) is 19.1 Å². The summed E-state index contributed by atoms with van der Waals surface area (Å²) in [5.74, 6) is 1.25. The summed E-state index contributed by atoms with van der Waals surface area (Å²) < 4.78 is 10.6. The second kappa shape index (κ2) is 7.09. The van der Waals surface area contributed by atoms with Gasteiger partial charge in [-0.1, -0.05) is 12.1 Å². The fourth-order valence-corrected chi connectivity index (χ4v) is 1.31. The lowest BCUT2D eigenvalue weighted by molar-refractivity contribution is 0.127. The van der Waals surface area contributed by atoms with Crippen molar-refractivity contribution >= 4 is 0 Å². The monoisotopic (exact) mass is 226 g/mol. The first-order chi connectivity index (χ1) is 7.81. The van der Waals surface area contributed by atoms with Gasteiger partial charge in [0, 0.05) is 19.1 Å². The predicted molar refractivity (Wildman–Crippen MR) is 60.8 cm³/mol. The van der Waals surface area contributed by atoms with E-state index >= 15 is 0 Å². The molecule has 0 aliphatic carbocycles. The summed E-state index contributed by atoms with van der Waals surface area (Å²) in [4.78, 5) is 0. The van der Waals surface area contributed by atoms with E-state index in [4.69, 9.17) is 19.7 Å². The van der Waals surface area contributed by atoms with Crippen LogP contribution in [0.3, 0.4) is 0 Å². The number of ether oxygens (including phenoxy) is 2. The molecule has 1 rings (SSSR count). The Morgan fingerprint density at radius 2 is 1.75 bits per heavy atom. The van der Waals surface area contributed by atoms with E-state index in [0.717, 1.165) is 0 Å². The van der Waals surface area contributed by atoms with Gasteiger partial charge >= 0.3 is 0 Å². The summed E-state index contributed by atoms with van der Waals surface area (Å²) in [7, 11) is 1.59. The van der Waals surface area contributed by atoms with Crippen molar-refractivity contribution in [3.05, 3.63) is 24.3 Å². The number of methoxy groups -OCH3 is 1. The van der Waals surface area contributed by atoms with Gasteiger partial charge in [0.15, 0.2) is 11.5 Å². The molecule has 1 aromatic rings. The number of hydrogen-bond acceptors (Lipinski definition) is 4.